The second-order valence-corrected chi connectivity index (χ2v) is 8.76. The molecule has 4 rings (SSSR count). The summed E-state index contributed by atoms with van der Waals surface area (Å²) in [6.07, 6.45) is 1.40. The lowest BCUT2D eigenvalue weighted by molar-refractivity contribution is -0.148. The predicted molar refractivity (Wildman–Crippen MR) is 89.8 cm³/mol. The fraction of sp³-hybridized carbons (Fsp3) is 0.650. The smallest absolute Gasteiger partial charge is 0.317 e. The highest BCUT2D eigenvalue weighted by molar-refractivity contribution is 5.88. The van der Waals surface area contributed by atoms with Gasteiger partial charge in [-0.15, -0.1) is 0 Å². The second kappa shape index (κ2) is 4.75. The van der Waals surface area contributed by atoms with Crippen LogP contribution in [0.2, 0.25) is 0 Å². The van der Waals surface area contributed by atoms with Gasteiger partial charge in [0, 0.05) is 5.92 Å². The van der Waals surface area contributed by atoms with E-state index in [1.54, 1.807) is 6.07 Å². The van der Waals surface area contributed by atoms with Crippen molar-refractivity contribution >= 4 is 5.97 Å². The molecule has 2 N–H and O–H groups in total. The molecule has 2 fully saturated rings. The minimum Gasteiger partial charge on any atom is -0.508 e. The average Bonchev–Trinajstić information content (AvgIpc) is 2.77. The fourth-order valence-corrected chi connectivity index (χ4v) is 5.60. The van der Waals surface area contributed by atoms with Crippen molar-refractivity contribution in [3.63, 3.8) is 0 Å². The Morgan fingerprint density at radius 3 is 2.62 bits per heavy atom. The maximum absolute atomic E-state index is 12.9. The lowest BCUT2D eigenvalue weighted by Crippen LogP contribution is -2.54. The summed E-state index contributed by atoms with van der Waals surface area (Å²) in [5.74, 6) is 0.0956. The quantitative estimate of drug-likeness (QED) is 0.773. The van der Waals surface area contributed by atoms with Crippen LogP contribution in [0.4, 0.5) is 0 Å². The molecule has 0 unspecified atom stereocenters. The third-order valence-electron chi connectivity index (χ3n) is 6.63. The van der Waals surface area contributed by atoms with Gasteiger partial charge in [0.25, 0.3) is 0 Å². The summed E-state index contributed by atoms with van der Waals surface area (Å²) in [7, 11) is 0. The molecule has 0 aromatic heterocycles. The highest BCUT2D eigenvalue weighted by atomic mass is 16.6. The van der Waals surface area contributed by atoms with E-state index in [0.29, 0.717) is 0 Å². The van der Waals surface area contributed by atoms with Crippen LogP contribution in [-0.4, -0.2) is 22.3 Å². The lowest BCUT2D eigenvalue weighted by Gasteiger charge is -2.51. The number of ether oxygens (including phenoxy) is 1. The van der Waals surface area contributed by atoms with E-state index >= 15 is 0 Å². The molecule has 0 spiro atoms. The largest absolute Gasteiger partial charge is 0.508 e. The van der Waals surface area contributed by atoms with Crippen molar-refractivity contribution in [2.75, 3.05) is 0 Å². The zero-order valence-electron chi connectivity index (χ0n) is 14.8. The highest BCUT2D eigenvalue weighted by Gasteiger charge is 2.69. The summed E-state index contributed by atoms with van der Waals surface area (Å²) in [6.45, 7) is 8.36. The molecule has 1 saturated heterocycles. The number of benzene rings is 1. The van der Waals surface area contributed by atoms with Crippen LogP contribution in [-0.2, 0) is 14.9 Å². The number of rotatable bonds is 1. The van der Waals surface area contributed by atoms with Gasteiger partial charge in [-0.25, -0.2) is 0 Å². The van der Waals surface area contributed by atoms with E-state index in [1.807, 2.05) is 19.9 Å². The van der Waals surface area contributed by atoms with Crippen molar-refractivity contribution in [2.24, 2.45) is 11.3 Å². The number of phenols is 1. The molecule has 4 heteroatoms. The van der Waals surface area contributed by atoms with Crippen molar-refractivity contribution in [1.29, 1.82) is 0 Å². The summed E-state index contributed by atoms with van der Waals surface area (Å²) >= 11 is 0. The molecule has 2 aliphatic carbocycles. The number of carbonyl (C=O) groups excluding carboxylic acids is 1. The number of phenolic OH excluding ortho intramolecular Hbond substituents is 1. The molecule has 1 aliphatic heterocycles. The molecule has 130 valence electrons. The van der Waals surface area contributed by atoms with Crippen LogP contribution in [0, 0.1) is 11.3 Å². The number of fused-ring (bicyclic) bond motifs is 1. The maximum Gasteiger partial charge on any atom is 0.317 e. The van der Waals surface area contributed by atoms with E-state index in [2.05, 4.69) is 13.8 Å². The van der Waals surface area contributed by atoms with Crippen LogP contribution in [0.15, 0.2) is 12.1 Å². The highest BCUT2D eigenvalue weighted by Crippen LogP contribution is 2.64. The number of hydrogen-bond acceptors (Lipinski definition) is 4. The monoisotopic (exact) mass is 330 g/mol. The average molecular weight is 330 g/mol. The SMILES string of the molecule is CC(C)c1cc2c(cc1O)[C@@]13CCCC(C)(C)[C@@H]1[C@H](OC3=O)[C@H]2O. The first-order chi connectivity index (χ1) is 11.2. The van der Waals surface area contributed by atoms with Gasteiger partial charge in [-0.1, -0.05) is 34.1 Å². The Morgan fingerprint density at radius 2 is 1.96 bits per heavy atom. The molecule has 1 saturated carbocycles. The molecule has 4 atom stereocenters. The first-order valence-corrected chi connectivity index (χ1v) is 8.96. The lowest BCUT2D eigenvalue weighted by atomic mass is 9.49. The zero-order valence-corrected chi connectivity index (χ0v) is 14.8. The van der Waals surface area contributed by atoms with Crippen molar-refractivity contribution in [3.05, 3.63) is 28.8 Å². The van der Waals surface area contributed by atoms with Gasteiger partial charge in [-0.3, -0.25) is 4.79 Å². The number of aromatic hydroxyl groups is 1. The standard InChI is InChI=1S/C20H26O4/c1-10(2)11-8-12-13(9-14(11)21)20-7-5-6-19(3,4)17(20)16(15(12)22)24-18(20)23/h8-10,15-17,21-22H,5-7H2,1-4H3/t15-,16+,17-,20-/m0/s1. The molecule has 24 heavy (non-hydrogen) atoms. The Balaban J connectivity index is 2.00. The third kappa shape index (κ3) is 1.75. The molecular formula is C20H26O4. The van der Waals surface area contributed by atoms with Crippen LogP contribution in [0.25, 0.3) is 0 Å². The molecule has 3 aliphatic rings. The van der Waals surface area contributed by atoms with Crippen LogP contribution >= 0.6 is 0 Å². The second-order valence-electron chi connectivity index (χ2n) is 8.76. The molecule has 0 amide bonds. The molecule has 4 nitrogen and oxygen atoms in total. The number of aliphatic hydroxyl groups excluding tert-OH is 1. The summed E-state index contributed by atoms with van der Waals surface area (Å²) in [4.78, 5) is 12.9. The van der Waals surface area contributed by atoms with Gasteiger partial charge in [0.1, 0.15) is 23.4 Å². The van der Waals surface area contributed by atoms with Crippen molar-refractivity contribution in [1.82, 2.24) is 0 Å². The van der Waals surface area contributed by atoms with Crippen LogP contribution in [0.5, 0.6) is 5.75 Å². The minimum atomic E-state index is -0.819. The third-order valence-corrected chi connectivity index (χ3v) is 6.63. The fourth-order valence-electron chi connectivity index (χ4n) is 5.60. The van der Waals surface area contributed by atoms with E-state index < -0.39 is 17.6 Å². The molecular weight excluding hydrogens is 304 g/mol. The van der Waals surface area contributed by atoms with E-state index in [4.69, 9.17) is 4.74 Å². The van der Waals surface area contributed by atoms with Gasteiger partial charge in [-0.2, -0.15) is 0 Å². The summed E-state index contributed by atoms with van der Waals surface area (Å²) in [5, 5.41) is 21.5. The van der Waals surface area contributed by atoms with Crippen molar-refractivity contribution in [2.45, 2.75) is 70.5 Å². The Bertz CT molecular complexity index is 721. The van der Waals surface area contributed by atoms with Crippen molar-refractivity contribution < 1.29 is 19.7 Å². The number of carbonyl (C=O) groups is 1. The van der Waals surface area contributed by atoms with Crippen LogP contribution in [0.3, 0.4) is 0 Å². The van der Waals surface area contributed by atoms with Gasteiger partial charge < -0.3 is 14.9 Å². The molecule has 1 aromatic carbocycles. The van der Waals surface area contributed by atoms with Gasteiger partial charge in [-0.05, 0) is 53.0 Å². The summed E-state index contributed by atoms with van der Waals surface area (Å²) in [5.41, 5.74) is 1.56. The van der Waals surface area contributed by atoms with E-state index in [0.717, 1.165) is 36.0 Å². The van der Waals surface area contributed by atoms with Gasteiger partial charge >= 0.3 is 5.97 Å². The summed E-state index contributed by atoms with van der Waals surface area (Å²) in [6, 6.07) is 3.61. The van der Waals surface area contributed by atoms with Gasteiger partial charge in [0.05, 0.1) is 0 Å². The Morgan fingerprint density at radius 1 is 1.25 bits per heavy atom. The number of hydrogen-bond donors (Lipinski definition) is 2. The molecule has 0 radical (unpaired) electrons. The van der Waals surface area contributed by atoms with Gasteiger partial charge in [0.15, 0.2) is 0 Å². The minimum absolute atomic E-state index is 0.0435. The topological polar surface area (TPSA) is 66.8 Å². The van der Waals surface area contributed by atoms with E-state index in [1.165, 1.54) is 0 Å². The maximum atomic E-state index is 12.9. The first-order valence-electron chi connectivity index (χ1n) is 8.96. The van der Waals surface area contributed by atoms with E-state index in [9.17, 15) is 15.0 Å². The Hall–Kier alpha value is -1.55. The Labute approximate surface area is 142 Å². The predicted octanol–water partition coefficient (Wildman–Crippen LogP) is 3.55. The normalized spacial score (nSPS) is 36.2. The van der Waals surface area contributed by atoms with Crippen LogP contribution in [0.1, 0.15) is 75.7 Å². The number of aliphatic hydroxyl groups is 1. The Kier molecular flexibility index (Phi) is 3.16. The zero-order chi connectivity index (χ0) is 17.4. The molecule has 1 aromatic rings. The first kappa shape index (κ1) is 15.9. The molecule has 1 heterocycles. The number of esters is 1. The van der Waals surface area contributed by atoms with Crippen molar-refractivity contribution in [3.8, 4) is 5.75 Å². The van der Waals surface area contributed by atoms with Gasteiger partial charge in [0.2, 0.25) is 0 Å². The molecule has 2 bridgehead atoms. The summed E-state index contributed by atoms with van der Waals surface area (Å²) < 4.78 is 5.72. The van der Waals surface area contributed by atoms with E-state index in [-0.39, 0.29) is 29.0 Å². The van der Waals surface area contributed by atoms with Crippen LogP contribution < -0.4 is 0 Å².